The largest absolute Gasteiger partial charge is 0.448 e. The van der Waals surface area contributed by atoms with Crippen molar-refractivity contribution in [2.24, 2.45) is 0 Å². The number of rotatable bonds is 3. The van der Waals surface area contributed by atoms with E-state index < -0.39 is 29.7 Å². The summed E-state index contributed by atoms with van der Waals surface area (Å²) in [6.07, 6.45) is -5.50. The minimum Gasteiger partial charge on any atom is -0.448 e. The summed E-state index contributed by atoms with van der Waals surface area (Å²) in [6.45, 7) is 0. The molecule has 8 heteroatoms. The molecule has 0 radical (unpaired) electrons. The molecule has 0 fully saturated rings. The molecule has 1 N–H and O–H groups in total. The van der Waals surface area contributed by atoms with Gasteiger partial charge in [-0.25, -0.2) is 4.79 Å². The van der Waals surface area contributed by atoms with Crippen molar-refractivity contribution in [2.75, 3.05) is 24.3 Å². The van der Waals surface area contributed by atoms with Crippen LogP contribution in [0.2, 0.25) is 0 Å². The summed E-state index contributed by atoms with van der Waals surface area (Å²) < 4.78 is 44.2. The van der Waals surface area contributed by atoms with Gasteiger partial charge < -0.3 is 15.0 Å². The quantitative estimate of drug-likeness (QED) is 0.831. The van der Waals surface area contributed by atoms with Gasteiger partial charge in [-0.2, -0.15) is 13.2 Å². The first-order chi connectivity index (χ1) is 12.7. The number of alkyl halides is 3. The lowest BCUT2D eigenvalue weighted by Crippen LogP contribution is -2.38. The van der Waals surface area contributed by atoms with Gasteiger partial charge in [0.1, 0.15) is 0 Å². The van der Waals surface area contributed by atoms with Crippen LogP contribution in [0, 0.1) is 0 Å². The van der Waals surface area contributed by atoms with Crippen molar-refractivity contribution in [1.29, 1.82) is 0 Å². The minimum absolute atomic E-state index is 0.00488. The van der Waals surface area contributed by atoms with Gasteiger partial charge >= 0.3 is 12.1 Å². The fraction of sp³-hybridized carbons (Fsp3) is 0.263. The third kappa shape index (κ3) is 3.89. The fourth-order valence-corrected chi connectivity index (χ4v) is 2.89. The summed E-state index contributed by atoms with van der Waals surface area (Å²) in [6, 6.07) is 9.83. The number of benzene rings is 2. The van der Waals surface area contributed by atoms with Crippen molar-refractivity contribution in [1.82, 2.24) is 0 Å². The molecular weight excluding hydrogens is 361 g/mol. The second-order valence-corrected chi connectivity index (χ2v) is 6.37. The SMILES string of the molecule is CN(C)c1ccc(C(F)(F)F)cc1NC(=O)C1Cc2ccccc2C(=O)O1. The van der Waals surface area contributed by atoms with Crippen LogP contribution < -0.4 is 10.2 Å². The molecular formula is C19H17F3N2O3. The third-order valence-corrected chi connectivity index (χ3v) is 4.25. The number of anilines is 2. The molecule has 142 valence electrons. The Balaban J connectivity index is 1.87. The Kier molecular flexibility index (Phi) is 4.82. The number of carbonyl (C=O) groups excluding carboxylic acids is 2. The van der Waals surface area contributed by atoms with Gasteiger partial charge in [-0.15, -0.1) is 0 Å². The number of hydrogen-bond acceptors (Lipinski definition) is 4. The highest BCUT2D eigenvalue weighted by atomic mass is 19.4. The maximum absolute atomic E-state index is 13.0. The van der Waals surface area contributed by atoms with Crippen LogP contribution in [-0.2, 0) is 22.1 Å². The summed E-state index contributed by atoms with van der Waals surface area (Å²) in [7, 11) is 3.30. The lowest BCUT2D eigenvalue weighted by atomic mass is 9.98. The van der Waals surface area contributed by atoms with Gasteiger partial charge in [-0.05, 0) is 29.8 Å². The van der Waals surface area contributed by atoms with E-state index in [-0.39, 0.29) is 12.1 Å². The molecule has 0 bridgehead atoms. The Hall–Kier alpha value is -3.03. The molecule has 5 nitrogen and oxygen atoms in total. The minimum atomic E-state index is -4.54. The van der Waals surface area contributed by atoms with E-state index >= 15 is 0 Å². The van der Waals surface area contributed by atoms with Crippen molar-refractivity contribution in [3.63, 3.8) is 0 Å². The van der Waals surface area contributed by atoms with Crippen molar-refractivity contribution < 1.29 is 27.5 Å². The number of nitrogens with zero attached hydrogens (tertiary/aromatic N) is 1. The molecule has 1 aliphatic heterocycles. The molecule has 2 aromatic carbocycles. The van der Waals surface area contributed by atoms with Gasteiger partial charge in [0.2, 0.25) is 0 Å². The van der Waals surface area contributed by atoms with Gasteiger partial charge in [0.25, 0.3) is 5.91 Å². The normalized spacial score (nSPS) is 16.3. The van der Waals surface area contributed by atoms with Gasteiger partial charge in [0.05, 0.1) is 22.5 Å². The molecule has 0 aliphatic carbocycles. The van der Waals surface area contributed by atoms with Gasteiger partial charge in [-0.1, -0.05) is 18.2 Å². The average molecular weight is 378 g/mol. The topological polar surface area (TPSA) is 58.6 Å². The zero-order chi connectivity index (χ0) is 19.8. The van der Waals surface area contributed by atoms with Gasteiger partial charge in [-0.3, -0.25) is 4.79 Å². The van der Waals surface area contributed by atoms with Crippen LogP contribution in [0.5, 0.6) is 0 Å². The summed E-state index contributed by atoms with van der Waals surface area (Å²) in [5, 5.41) is 2.47. The molecule has 1 heterocycles. The second-order valence-electron chi connectivity index (χ2n) is 6.37. The Morgan fingerprint density at radius 1 is 1.19 bits per heavy atom. The predicted octanol–water partition coefficient (Wildman–Crippen LogP) is 3.49. The van der Waals surface area contributed by atoms with E-state index in [9.17, 15) is 22.8 Å². The standard InChI is InChI=1S/C19H17F3N2O3/c1-24(2)15-8-7-12(19(20,21)22)10-14(15)23-17(25)16-9-11-5-3-4-6-13(11)18(26)27-16/h3-8,10,16H,9H2,1-2H3,(H,23,25). The zero-order valence-corrected chi connectivity index (χ0v) is 14.6. The summed E-state index contributed by atoms with van der Waals surface area (Å²) >= 11 is 0. The number of amides is 1. The van der Waals surface area contributed by atoms with E-state index in [0.29, 0.717) is 16.8 Å². The Bertz CT molecular complexity index is 894. The molecule has 1 aliphatic rings. The smallest absolute Gasteiger partial charge is 0.416 e. The number of hydrogen-bond donors (Lipinski definition) is 1. The van der Waals surface area contributed by atoms with Gasteiger partial charge in [0.15, 0.2) is 6.10 Å². The van der Waals surface area contributed by atoms with Crippen LogP contribution in [0.25, 0.3) is 0 Å². The van der Waals surface area contributed by atoms with Crippen molar-refractivity contribution in [2.45, 2.75) is 18.7 Å². The maximum atomic E-state index is 13.0. The van der Waals surface area contributed by atoms with Crippen LogP contribution in [0.1, 0.15) is 21.5 Å². The molecule has 0 saturated carbocycles. The predicted molar refractivity (Wildman–Crippen MR) is 93.8 cm³/mol. The molecule has 1 unspecified atom stereocenters. The molecule has 1 amide bonds. The number of esters is 1. The molecule has 0 spiro atoms. The molecule has 3 rings (SSSR count). The number of nitrogens with one attached hydrogen (secondary N) is 1. The van der Waals surface area contributed by atoms with Crippen molar-refractivity contribution in [3.05, 3.63) is 59.2 Å². The van der Waals surface area contributed by atoms with Crippen LogP contribution in [0.15, 0.2) is 42.5 Å². The Morgan fingerprint density at radius 2 is 1.89 bits per heavy atom. The molecule has 0 aromatic heterocycles. The lowest BCUT2D eigenvalue weighted by Gasteiger charge is -2.25. The molecule has 1 atom stereocenters. The van der Waals surface area contributed by atoms with E-state index in [1.54, 1.807) is 43.3 Å². The molecule has 0 saturated heterocycles. The van der Waals surface area contributed by atoms with Crippen LogP contribution in [0.4, 0.5) is 24.5 Å². The maximum Gasteiger partial charge on any atom is 0.416 e. The van der Waals surface area contributed by atoms with E-state index in [1.165, 1.54) is 6.07 Å². The number of carbonyl (C=O) groups is 2. The highest BCUT2D eigenvalue weighted by Crippen LogP contribution is 2.35. The number of ether oxygens (including phenoxy) is 1. The molecule has 27 heavy (non-hydrogen) atoms. The summed E-state index contributed by atoms with van der Waals surface area (Å²) in [4.78, 5) is 26.2. The highest BCUT2D eigenvalue weighted by molar-refractivity contribution is 6.01. The number of fused-ring (bicyclic) bond motifs is 1. The Labute approximate surface area is 153 Å². The van der Waals surface area contributed by atoms with Gasteiger partial charge in [0, 0.05) is 20.5 Å². The van der Waals surface area contributed by atoms with Crippen LogP contribution in [0.3, 0.4) is 0 Å². The summed E-state index contributed by atoms with van der Waals surface area (Å²) in [5.74, 6) is -1.31. The second kappa shape index (κ2) is 6.94. The number of cyclic esters (lactones) is 1. The third-order valence-electron chi connectivity index (χ3n) is 4.25. The van der Waals surface area contributed by atoms with Crippen LogP contribution >= 0.6 is 0 Å². The van der Waals surface area contributed by atoms with Crippen molar-refractivity contribution in [3.8, 4) is 0 Å². The first-order valence-corrected chi connectivity index (χ1v) is 8.15. The van der Waals surface area contributed by atoms with E-state index in [2.05, 4.69) is 5.32 Å². The first-order valence-electron chi connectivity index (χ1n) is 8.15. The van der Waals surface area contributed by atoms with E-state index in [1.807, 2.05) is 0 Å². The van der Waals surface area contributed by atoms with E-state index in [0.717, 1.165) is 12.1 Å². The monoisotopic (exact) mass is 378 g/mol. The average Bonchev–Trinajstić information content (AvgIpc) is 2.60. The first kappa shape index (κ1) is 18.8. The fourth-order valence-electron chi connectivity index (χ4n) is 2.89. The van der Waals surface area contributed by atoms with E-state index in [4.69, 9.17) is 4.74 Å². The molecule has 2 aromatic rings. The lowest BCUT2D eigenvalue weighted by molar-refractivity contribution is -0.137. The van der Waals surface area contributed by atoms with Crippen molar-refractivity contribution >= 4 is 23.3 Å². The summed E-state index contributed by atoms with van der Waals surface area (Å²) in [5.41, 5.74) is 0.559. The number of halogens is 3. The highest BCUT2D eigenvalue weighted by Gasteiger charge is 2.33. The Morgan fingerprint density at radius 3 is 2.56 bits per heavy atom. The van der Waals surface area contributed by atoms with Crippen LogP contribution in [-0.4, -0.2) is 32.1 Å². The zero-order valence-electron chi connectivity index (χ0n) is 14.6.